The molecule has 0 saturated carbocycles. The van der Waals surface area contributed by atoms with Crippen LogP contribution in [0.3, 0.4) is 0 Å². The maximum Gasteiger partial charge on any atom is 0.207 e. The van der Waals surface area contributed by atoms with Crippen LogP contribution in [0.2, 0.25) is 0 Å². The Morgan fingerprint density at radius 3 is 2.42 bits per heavy atom. The number of hydrogen-bond donors (Lipinski definition) is 2. The van der Waals surface area contributed by atoms with Gasteiger partial charge in [0.25, 0.3) is 0 Å². The molecule has 0 atom stereocenters. The van der Waals surface area contributed by atoms with Gasteiger partial charge in [-0.2, -0.15) is 0 Å². The Morgan fingerprint density at radius 1 is 1.33 bits per heavy atom. The predicted molar refractivity (Wildman–Crippen MR) is 42.7 cm³/mol. The minimum Gasteiger partial charge on any atom is -0.508 e. The van der Waals surface area contributed by atoms with Crippen LogP contribution in [0.15, 0.2) is 29.4 Å². The van der Waals surface area contributed by atoms with Crippen molar-refractivity contribution in [1.29, 1.82) is 0 Å². The monoisotopic (exact) mass is 165 g/mol. The lowest BCUT2D eigenvalue weighted by Crippen LogP contribution is -1.98. The van der Waals surface area contributed by atoms with Gasteiger partial charge >= 0.3 is 0 Å². The Kier molecular flexibility index (Phi) is 2.42. The minimum absolute atomic E-state index is 0.0903. The Hall–Kier alpha value is -1.84. The second kappa shape index (κ2) is 3.52. The van der Waals surface area contributed by atoms with E-state index in [1.165, 1.54) is 24.3 Å². The summed E-state index contributed by atoms with van der Waals surface area (Å²) in [4.78, 5) is 11.0. The van der Waals surface area contributed by atoms with E-state index in [9.17, 15) is 4.79 Å². The molecule has 12 heavy (non-hydrogen) atoms. The largest absolute Gasteiger partial charge is 0.508 e. The fraction of sp³-hybridized carbons (Fsp3) is 0. The third kappa shape index (κ3) is 1.82. The Labute approximate surface area is 68.8 Å². The van der Waals surface area contributed by atoms with E-state index in [0.717, 1.165) is 6.21 Å². The summed E-state index contributed by atoms with van der Waals surface area (Å²) in [7, 11) is 0. The van der Waals surface area contributed by atoms with Gasteiger partial charge in [0, 0.05) is 5.56 Å². The van der Waals surface area contributed by atoms with Crippen molar-refractivity contribution in [3.63, 3.8) is 0 Å². The molecule has 0 aliphatic rings. The Balaban J connectivity index is 2.90. The Bertz CT molecular complexity index is 303. The van der Waals surface area contributed by atoms with Gasteiger partial charge in [0.1, 0.15) is 12.0 Å². The molecule has 0 radical (unpaired) electrons. The molecule has 4 heteroatoms. The molecule has 0 amide bonds. The van der Waals surface area contributed by atoms with E-state index >= 15 is 0 Å². The maximum absolute atomic E-state index is 11.0. The maximum atomic E-state index is 11.0. The first-order valence-corrected chi connectivity index (χ1v) is 3.25. The van der Waals surface area contributed by atoms with Crippen molar-refractivity contribution in [2.45, 2.75) is 0 Å². The van der Waals surface area contributed by atoms with E-state index in [-0.39, 0.29) is 5.75 Å². The first-order valence-electron chi connectivity index (χ1n) is 3.25. The molecule has 1 aromatic carbocycles. The predicted octanol–water partition coefficient (Wildman–Crippen LogP) is 1.03. The highest BCUT2D eigenvalue weighted by Crippen LogP contribution is 2.09. The molecular formula is C8H7NO3. The van der Waals surface area contributed by atoms with Crippen LogP contribution in [-0.4, -0.2) is 22.3 Å². The molecule has 0 aliphatic carbocycles. The van der Waals surface area contributed by atoms with Gasteiger partial charge in [-0.25, -0.2) is 0 Å². The van der Waals surface area contributed by atoms with Crippen LogP contribution < -0.4 is 0 Å². The van der Waals surface area contributed by atoms with Crippen molar-refractivity contribution < 1.29 is 15.1 Å². The van der Waals surface area contributed by atoms with Crippen molar-refractivity contribution in [2.75, 3.05) is 0 Å². The second-order valence-corrected chi connectivity index (χ2v) is 2.16. The van der Waals surface area contributed by atoms with Gasteiger partial charge in [-0.05, 0) is 24.3 Å². The number of phenols is 1. The summed E-state index contributed by atoms with van der Waals surface area (Å²) >= 11 is 0. The third-order valence-corrected chi connectivity index (χ3v) is 1.33. The number of nitrogens with zero attached hydrogens (tertiary/aromatic N) is 1. The molecule has 2 N–H and O–H groups in total. The minimum atomic E-state index is -0.405. The van der Waals surface area contributed by atoms with E-state index in [1.54, 1.807) is 0 Å². The number of phenolic OH excluding ortho intramolecular Hbond substituents is 1. The molecule has 0 fully saturated rings. The summed E-state index contributed by atoms with van der Waals surface area (Å²) < 4.78 is 0. The van der Waals surface area contributed by atoms with E-state index in [0.29, 0.717) is 5.56 Å². The smallest absolute Gasteiger partial charge is 0.207 e. The van der Waals surface area contributed by atoms with Crippen LogP contribution in [0.25, 0.3) is 0 Å². The number of oxime groups is 1. The normalized spacial score (nSPS) is 10.3. The highest BCUT2D eigenvalue weighted by molar-refractivity contribution is 6.35. The zero-order chi connectivity index (χ0) is 8.97. The first kappa shape index (κ1) is 8.26. The van der Waals surface area contributed by atoms with Gasteiger partial charge in [-0.1, -0.05) is 5.16 Å². The molecule has 0 heterocycles. The van der Waals surface area contributed by atoms with Crippen LogP contribution in [-0.2, 0) is 0 Å². The molecule has 1 aromatic rings. The molecule has 0 aliphatic heterocycles. The summed E-state index contributed by atoms with van der Waals surface area (Å²) in [6, 6.07) is 5.66. The molecule has 0 bridgehead atoms. The van der Waals surface area contributed by atoms with Crippen molar-refractivity contribution in [3.05, 3.63) is 29.8 Å². The van der Waals surface area contributed by atoms with Gasteiger partial charge in [0.05, 0.1) is 0 Å². The quantitative estimate of drug-likeness (QED) is 0.297. The SMILES string of the molecule is O=C(C=NO)c1ccc(O)cc1. The topological polar surface area (TPSA) is 69.9 Å². The number of benzene rings is 1. The first-order chi connectivity index (χ1) is 5.74. The third-order valence-electron chi connectivity index (χ3n) is 1.33. The molecule has 1 rings (SSSR count). The number of Topliss-reactive ketones (excluding diaryl/α,β-unsaturated/α-hetero) is 1. The molecular weight excluding hydrogens is 158 g/mol. The number of carbonyl (C=O) groups excluding carboxylic acids is 1. The molecule has 62 valence electrons. The average Bonchev–Trinajstić information content (AvgIpc) is 2.06. The van der Waals surface area contributed by atoms with E-state index in [1.807, 2.05) is 0 Å². The summed E-state index contributed by atoms with van der Waals surface area (Å²) in [5.74, 6) is -0.315. The fourth-order valence-corrected chi connectivity index (χ4v) is 0.753. The molecule has 0 spiro atoms. The summed E-state index contributed by atoms with van der Waals surface area (Å²) in [6.45, 7) is 0. The van der Waals surface area contributed by atoms with Crippen molar-refractivity contribution in [1.82, 2.24) is 0 Å². The number of hydrogen-bond acceptors (Lipinski definition) is 4. The van der Waals surface area contributed by atoms with Crippen molar-refractivity contribution in [3.8, 4) is 5.75 Å². The number of aromatic hydroxyl groups is 1. The lowest BCUT2D eigenvalue weighted by Gasteiger charge is -1.93. The van der Waals surface area contributed by atoms with Crippen LogP contribution in [0.4, 0.5) is 0 Å². The van der Waals surface area contributed by atoms with Crippen molar-refractivity contribution >= 4 is 12.0 Å². The van der Waals surface area contributed by atoms with E-state index in [4.69, 9.17) is 10.3 Å². The number of rotatable bonds is 2. The van der Waals surface area contributed by atoms with Crippen LogP contribution >= 0.6 is 0 Å². The zero-order valence-electron chi connectivity index (χ0n) is 6.14. The highest BCUT2D eigenvalue weighted by Gasteiger charge is 2.01. The lowest BCUT2D eigenvalue weighted by atomic mass is 10.1. The molecule has 0 unspecified atom stereocenters. The second-order valence-electron chi connectivity index (χ2n) is 2.16. The van der Waals surface area contributed by atoms with E-state index in [2.05, 4.69) is 5.16 Å². The van der Waals surface area contributed by atoms with Gasteiger partial charge in [0.15, 0.2) is 0 Å². The average molecular weight is 165 g/mol. The zero-order valence-corrected chi connectivity index (χ0v) is 6.14. The molecule has 0 saturated heterocycles. The van der Waals surface area contributed by atoms with Crippen LogP contribution in [0, 0.1) is 0 Å². The summed E-state index contributed by atoms with van der Waals surface area (Å²) in [5, 5.41) is 19.5. The number of carbonyl (C=O) groups is 1. The van der Waals surface area contributed by atoms with Crippen molar-refractivity contribution in [2.24, 2.45) is 5.16 Å². The van der Waals surface area contributed by atoms with Gasteiger partial charge in [-0.15, -0.1) is 0 Å². The Morgan fingerprint density at radius 2 is 1.92 bits per heavy atom. The highest BCUT2D eigenvalue weighted by atomic mass is 16.4. The fourth-order valence-electron chi connectivity index (χ4n) is 0.753. The van der Waals surface area contributed by atoms with Gasteiger partial charge in [0.2, 0.25) is 5.78 Å². The van der Waals surface area contributed by atoms with Gasteiger partial charge in [-0.3, -0.25) is 4.79 Å². The van der Waals surface area contributed by atoms with Gasteiger partial charge < -0.3 is 10.3 Å². The summed E-state index contributed by atoms with van der Waals surface area (Å²) in [5.41, 5.74) is 0.366. The van der Waals surface area contributed by atoms with Crippen LogP contribution in [0.1, 0.15) is 10.4 Å². The lowest BCUT2D eigenvalue weighted by molar-refractivity contribution is 0.106. The summed E-state index contributed by atoms with van der Waals surface area (Å²) in [6.07, 6.45) is 0.798. The van der Waals surface area contributed by atoms with E-state index < -0.39 is 5.78 Å². The standard InChI is InChI=1S/C8H7NO3/c10-7-3-1-6(2-4-7)8(11)5-9-12/h1-5,10,12H. The van der Waals surface area contributed by atoms with Crippen LogP contribution in [0.5, 0.6) is 5.75 Å². The molecule has 4 nitrogen and oxygen atoms in total. The number of ketones is 1. The molecule has 0 aromatic heterocycles.